The number of likely N-dealkylation sites (tertiary alicyclic amines) is 1. The summed E-state index contributed by atoms with van der Waals surface area (Å²) in [6, 6.07) is 6.42. The predicted molar refractivity (Wildman–Crippen MR) is 102 cm³/mol. The van der Waals surface area contributed by atoms with E-state index in [1.54, 1.807) is 40.9 Å². The lowest BCUT2D eigenvalue weighted by Crippen LogP contribution is -2.48. The number of carbonyl (C=O) groups is 2. The van der Waals surface area contributed by atoms with Crippen molar-refractivity contribution in [2.75, 3.05) is 37.8 Å². The van der Waals surface area contributed by atoms with Crippen LogP contribution in [0.1, 0.15) is 29.6 Å². The number of hydrogen-bond acceptors (Lipinski definition) is 4. The van der Waals surface area contributed by atoms with E-state index in [2.05, 4.69) is 10.2 Å². The van der Waals surface area contributed by atoms with Crippen LogP contribution in [0.5, 0.6) is 0 Å². The molecule has 25 heavy (non-hydrogen) atoms. The van der Waals surface area contributed by atoms with Gasteiger partial charge < -0.3 is 15.1 Å². The van der Waals surface area contributed by atoms with Crippen LogP contribution in [-0.2, 0) is 4.79 Å². The summed E-state index contributed by atoms with van der Waals surface area (Å²) in [5.41, 5.74) is 0.568. The molecule has 1 atom stereocenters. The van der Waals surface area contributed by atoms with Gasteiger partial charge in [-0.25, -0.2) is 0 Å². The van der Waals surface area contributed by atoms with E-state index in [1.165, 1.54) is 19.3 Å². The van der Waals surface area contributed by atoms with Crippen LogP contribution in [0.15, 0.2) is 24.3 Å². The van der Waals surface area contributed by atoms with Gasteiger partial charge in [-0.15, -0.1) is 11.8 Å². The number of amides is 2. The third-order valence-electron chi connectivity index (χ3n) is 4.71. The van der Waals surface area contributed by atoms with E-state index < -0.39 is 6.04 Å². The normalized spacial score (nSPS) is 21.3. The summed E-state index contributed by atoms with van der Waals surface area (Å²) < 4.78 is 0. The van der Waals surface area contributed by atoms with Crippen LogP contribution in [0.2, 0.25) is 5.02 Å². The van der Waals surface area contributed by atoms with Crippen molar-refractivity contribution in [3.63, 3.8) is 0 Å². The SMILES string of the molecule is O=C(NCCN1CCCCC1)C1CSCN1C(=O)c1ccc(Cl)cc1. The highest BCUT2D eigenvalue weighted by molar-refractivity contribution is 7.99. The van der Waals surface area contributed by atoms with Crippen LogP contribution in [0.25, 0.3) is 0 Å². The molecule has 2 heterocycles. The highest BCUT2D eigenvalue weighted by atomic mass is 35.5. The molecule has 0 bridgehead atoms. The third kappa shape index (κ3) is 4.90. The van der Waals surface area contributed by atoms with Gasteiger partial charge in [-0.05, 0) is 50.2 Å². The first-order valence-corrected chi connectivity index (χ1v) is 10.3. The van der Waals surface area contributed by atoms with E-state index >= 15 is 0 Å². The summed E-state index contributed by atoms with van der Waals surface area (Å²) in [4.78, 5) is 29.3. The van der Waals surface area contributed by atoms with Crippen molar-refractivity contribution in [3.8, 4) is 0 Å². The van der Waals surface area contributed by atoms with E-state index in [9.17, 15) is 9.59 Å². The Hall–Kier alpha value is -1.24. The molecule has 0 aliphatic carbocycles. The minimum Gasteiger partial charge on any atom is -0.353 e. The Labute approximate surface area is 158 Å². The van der Waals surface area contributed by atoms with Crippen molar-refractivity contribution in [2.24, 2.45) is 0 Å². The summed E-state index contributed by atoms with van der Waals surface area (Å²) in [5, 5.41) is 3.61. The van der Waals surface area contributed by atoms with Crippen LogP contribution < -0.4 is 5.32 Å². The molecule has 1 aromatic carbocycles. The summed E-state index contributed by atoms with van der Waals surface area (Å²) in [6.07, 6.45) is 3.80. The quantitative estimate of drug-likeness (QED) is 0.851. The Balaban J connectivity index is 1.52. The van der Waals surface area contributed by atoms with E-state index in [1.807, 2.05) is 0 Å². The second kappa shape index (κ2) is 8.92. The fourth-order valence-corrected chi connectivity index (χ4v) is 4.54. The van der Waals surface area contributed by atoms with Crippen LogP contribution in [0.4, 0.5) is 0 Å². The summed E-state index contributed by atoms with van der Waals surface area (Å²) in [7, 11) is 0. The van der Waals surface area contributed by atoms with E-state index in [4.69, 9.17) is 11.6 Å². The smallest absolute Gasteiger partial charge is 0.255 e. The lowest BCUT2D eigenvalue weighted by Gasteiger charge is -2.27. The molecular formula is C18H24ClN3O2S. The van der Waals surface area contributed by atoms with Crippen LogP contribution >= 0.6 is 23.4 Å². The summed E-state index contributed by atoms with van der Waals surface area (Å²) in [6.45, 7) is 3.77. The maximum absolute atomic E-state index is 12.7. The lowest BCUT2D eigenvalue weighted by molar-refractivity contribution is -0.124. The Morgan fingerprint density at radius 3 is 2.60 bits per heavy atom. The molecule has 2 aliphatic rings. The number of piperidine rings is 1. The minimum absolute atomic E-state index is 0.0516. The molecular weight excluding hydrogens is 358 g/mol. The van der Waals surface area contributed by atoms with Crippen LogP contribution in [0.3, 0.4) is 0 Å². The number of hydrogen-bond donors (Lipinski definition) is 1. The Morgan fingerprint density at radius 1 is 1.16 bits per heavy atom. The average molecular weight is 382 g/mol. The maximum atomic E-state index is 12.7. The molecule has 2 saturated heterocycles. The van der Waals surface area contributed by atoms with E-state index in [0.717, 1.165) is 19.6 Å². The molecule has 2 aliphatic heterocycles. The second-order valence-electron chi connectivity index (χ2n) is 6.49. The Morgan fingerprint density at radius 2 is 1.88 bits per heavy atom. The zero-order valence-electron chi connectivity index (χ0n) is 14.2. The third-order valence-corrected chi connectivity index (χ3v) is 5.98. The van der Waals surface area contributed by atoms with Crippen molar-refractivity contribution in [1.29, 1.82) is 0 Å². The van der Waals surface area contributed by atoms with Gasteiger partial charge in [-0.2, -0.15) is 0 Å². The minimum atomic E-state index is -0.394. The fraction of sp³-hybridized carbons (Fsp3) is 0.556. The van der Waals surface area contributed by atoms with Gasteiger partial charge in [0.15, 0.2) is 0 Å². The molecule has 7 heteroatoms. The number of carbonyl (C=O) groups excluding carboxylic acids is 2. The number of nitrogens with one attached hydrogen (secondary N) is 1. The van der Waals surface area contributed by atoms with Crippen molar-refractivity contribution in [3.05, 3.63) is 34.9 Å². The van der Waals surface area contributed by atoms with E-state index in [-0.39, 0.29) is 11.8 Å². The number of nitrogens with zero attached hydrogens (tertiary/aromatic N) is 2. The first kappa shape index (κ1) is 18.5. The molecule has 2 amide bonds. The molecule has 1 aromatic rings. The maximum Gasteiger partial charge on any atom is 0.255 e. The molecule has 136 valence electrons. The molecule has 5 nitrogen and oxygen atoms in total. The molecule has 0 saturated carbocycles. The molecule has 3 rings (SSSR count). The molecule has 1 unspecified atom stereocenters. The molecule has 0 radical (unpaired) electrons. The highest BCUT2D eigenvalue weighted by Gasteiger charge is 2.34. The molecule has 0 spiro atoms. The van der Waals surface area contributed by atoms with Gasteiger partial charge in [-0.1, -0.05) is 18.0 Å². The highest BCUT2D eigenvalue weighted by Crippen LogP contribution is 2.24. The summed E-state index contributed by atoms with van der Waals surface area (Å²) >= 11 is 7.49. The van der Waals surface area contributed by atoms with Gasteiger partial charge in [0.05, 0.1) is 5.88 Å². The molecule has 0 aromatic heterocycles. The molecule has 2 fully saturated rings. The average Bonchev–Trinajstić information content (AvgIpc) is 3.12. The van der Waals surface area contributed by atoms with Crippen molar-refractivity contribution in [1.82, 2.24) is 15.1 Å². The van der Waals surface area contributed by atoms with E-state index in [0.29, 0.717) is 28.8 Å². The monoisotopic (exact) mass is 381 g/mol. The zero-order valence-corrected chi connectivity index (χ0v) is 15.8. The van der Waals surface area contributed by atoms with Gasteiger partial charge in [0, 0.05) is 29.4 Å². The Bertz CT molecular complexity index is 605. The van der Waals surface area contributed by atoms with Gasteiger partial charge >= 0.3 is 0 Å². The fourth-order valence-electron chi connectivity index (χ4n) is 3.26. The lowest BCUT2D eigenvalue weighted by atomic mass is 10.1. The zero-order chi connectivity index (χ0) is 17.6. The standard InChI is InChI=1S/C18H24ClN3O2S/c19-15-6-4-14(5-7-15)18(24)22-13-25-12-16(22)17(23)20-8-11-21-9-2-1-3-10-21/h4-7,16H,1-3,8-13H2,(H,20,23). The van der Waals surface area contributed by atoms with Crippen LogP contribution in [-0.4, -0.2) is 65.5 Å². The van der Waals surface area contributed by atoms with Gasteiger partial charge in [-0.3, -0.25) is 9.59 Å². The van der Waals surface area contributed by atoms with Gasteiger partial charge in [0.25, 0.3) is 5.91 Å². The van der Waals surface area contributed by atoms with Crippen molar-refractivity contribution < 1.29 is 9.59 Å². The first-order valence-electron chi connectivity index (χ1n) is 8.79. The number of thioether (sulfide) groups is 1. The van der Waals surface area contributed by atoms with Crippen LogP contribution in [0, 0.1) is 0 Å². The van der Waals surface area contributed by atoms with Crippen molar-refractivity contribution >= 4 is 35.2 Å². The summed E-state index contributed by atoms with van der Waals surface area (Å²) in [5.74, 6) is 1.03. The predicted octanol–water partition coefficient (Wildman–Crippen LogP) is 2.46. The largest absolute Gasteiger partial charge is 0.353 e. The van der Waals surface area contributed by atoms with Gasteiger partial charge in [0.2, 0.25) is 5.91 Å². The first-order chi connectivity index (χ1) is 12.1. The molecule has 1 N–H and O–H groups in total. The Kier molecular flexibility index (Phi) is 6.62. The number of rotatable bonds is 5. The topological polar surface area (TPSA) is 52.7 Å². The second-order valence-corrected chi connectivity index (χ2v) is 7.93. The van der Waals surface area contributed by atoms with Crippen molar-refractivity contribution in [2.45, 2.75) is 25.3 Å². The number of halogens is 1. The van der Waals surface area contributed by atoms with Gasteiger partial charge in [0.1, 0.15) is 6.04 Å². The number of benzene rings is 1.